The Kier molecular flexibility index (Phi) is 9.54. The highest BCUT2D eigenvalue weighted by molar-refractivity contribution is 6.31. The smallest absolute Gasteiger partial charge is 0.223 e. The van der Waals surface area contributed by atoms with Gasteiger partial charge >= 0.3 is 0 Å². The number of hydrogen-bond acceptors (Lipinski definition) is 5. The first-order valence-corrected chi connectivity index (χ1v) is 14.3. The lowest BCUT2D eigenvalue weighted by Crippen LogP contribution is -2.52. The molecule has 1 unspecified atom stereocenters. The molecule has 2 fully saturated rings. The molecular weight excluding hydrogens is 486 g/mol. The van der Waals surface area contributed by atoms with Crippen molar-refractivity contribution in [2.45, 2.75) is 66.0 Å². The number of rotatable bonds is 10. The maximum absolute atomic E-state index is 13.5. The molecule has 1 aromatic carbocycles. The average molecular weight is 530 g/mol. The summed E-state index contributed by atoms with van der Waals surface area (Å²) < 4.78 is 8.47. The van der Waals surface area contributed by atoms with E-state index in [0.717, 1.165) is 100 Å². The zero-order valence-electron chi connectivity index (χ0n) is 23.1. The van der Waals surface area contributed by atoms with Crippen LogP contribution in [-0.4, -0.2) is 83.3 Å². The second kappa shape index (κ2) is 12.6. The molecule has 2 aliphatic heterocycles. The van der Waals surface area contributed by atoms with Crippen LogP contribution in [0.1, 0.15) is 55.8 Å². The molecule has 37 heavy (non-hydrogen) atoms. The fraction of sp³-hybridized carbons (Fsp3) is 0.655. The number of carbonyl (C=O) groups excluding carboxylic acids is 1. The van der Waals surface area contributed by atoms with E-state index in [1.165, 1.54) is 5.56 Å². The molecule has 1 atom stereocenters. The van der Waals surface area contributed by atoms with Gasteiger partial charge in [-0.25, -0.2) is 0 Å². The Labute approximate surface area is 227 Å². The van der Waals surface area contributed by atoms with Crippen LogP contribution in [0.25, 0.3) is 0 Å². The molecule has 1 amide bonds. The normalized spacial score (nSPS) is 21.4. The van der Waals surface area contributed by atoms with Crippen LogP contribution in [-0.2, 0) is 17.9 Å². The summed E-state index contributed by atoms with van der Waals surface area (Å²) in [6.07, 6.45) is 7.09. The van der Waals surface area contributed by atoms with Gasteiger partial charge in [0.25, 0.3) is 0 Å². The molecule has 1 aromatic heterocycles. The third kappa shape index (κ3) is 7.49. The highest BCUT2D eigenvalue weighted by Crippen LogP contribution is 2.36. The first-order valence-electron chi connectivity index (χ1n) is 13.9. The van der Waals surface area contributed by atoms with Gasteiger partial charge in [-0.05, 0) is 70.5 Å². The lowest BCUT2D eigenvalue weighted by molar-refractivity contribution is -0.137. The number of hydrogen-bond donors (Lipinski definition) is 0. The monoisotopic (exact) mass is 529 g/mol. The van der Waals surface area contributed by atoms with E-state index in [-0.39, 0.29) is 11.3 Å². The molecule has 204 valence electrons. The standard InChI is InChI=1S/C29H44ClN5O2/c1-5-6-12-35-20-25(24(3)31-35)19-33-11-7-10-29(21-33,18-28(36)34-15-13-32(4)14-16-34)22-37-26-8-9-27(30)23(2)17-26/h8-9,17,20H,5-7,10-16,18-19,21-22H2,1-4H3. The van der Waals surface area contributed by atoms with Crippen molar-refractivity contribution in [3.8, 4) is 5.75 Å². The summed E-state index contributed by atoms with van der Waals surface area (Å²) in [6.45, 7) is 14.0. The summed E-state index contributed by atoms with van der Waals surface area (Å²) in [5.41, 5.74) is 3.17. The van der Waals surface area contributed by atoms with E-state index in [1.54, 1.807) is 0 Å². The molecule has 0 saturated carbocycles. The number of halogens is 1. The van der Waals surface area contributed by atoms with Crippen LogP contribution in [0.2, 0.25) is 5.02 Å². The summed E-state index contributed by atoms with van der Waals surface area (Å²) in [4.78, 5) is 20.4. The van der Waals surface area contributed by atoms with Gasteiger partial charge in [0.1, 0.15) is 5.75 Å². The minimum Gasteiger partial charge on any atom is -0.493 e. The van der Waals surface area contributed by atoms with Gasteiger partial charge in [-0.2, -0.15) is 5.10 Å². The Hall–Kier alpha value is -2.09. The predicted molar refractivity (Wildman–Crippen MR) is 149 cm³/mol. The average Bonchev–Trinajstić information content (AvgIpc) is 3.22. The minimum absolute atomic E-state index is 0.224. The molecule has 0 bridgehead atoms. The van der Waals surface area contributed by atoms with Gasteiger partial charge in [-0.15, -0.1) is 0 Å². The maximum Gasteiger partial charge on any atom is 0.223 e. The zero-order valence-corrected chi connectivity index (χ0v) is 23.9. The van der Waals surface area contributed by atoms with E-state index < -0.39 is 0 Å². The van der Waals surface area contributed by atoms with Crippen LogP contribution in [0.15, 0.2) is 24.4 Å². The molecule has 0 spiro atoms. The topological polar surface area (TPSA) is 53.8 Å². The van der Waals surface area contributed by atoms with Gasteiger partial charge in [0.05, 0.1) is 12.3 Å². The van der Waals surface area contributed by atoms with Crippen LogP contribution in [0.3, 0.4) is 0 Å². The van der Waals surface area contributed by atoms with E-state index in [0.29, 0.717) is 13.0 Å². The van der Waals surface area contributed by atoms with E-state index in [1.807, 2.05) is 25.1 Å². The van der Waals surface area contributed by atoms with Crippen molar-refractivity contribution >= 4 is 17.5 Å². The third-order valence-corrected chi connectivity index (χ3v) is 8.40. The first-order chi connectivity index (χ1) is 17.8. The Morgan fingerprint density at radius 2 is 1.95 bits per heavy atom. The van der Waals surface area contributed by atoms with Crippen molar-refractivity contribution < 1.29 is 9.53 Å². The summed E-state index contributed by atoms with van der Waals surface area (Å²) in [5, 5.41) is 5.49. The van der Waals surface area contributed by atoms with Crippen molar-refractivity contribution in [1.29, 1.82) is 0 Å². The number of carbonyl (C=O) groups is 1. The second-order valence-corrected chi connectivity index (χ2v) is 11.6. The van der Waals surface area contributed by atoms with Crippen LogP contribution >= 0.6 is 11.6 Å². The summed E-state index contributed by atoms with van der Waals surface area (Å²) in [6, 6.07) is 5.81. The number of amides is 1. The molecule has 0 N–H and O–H groups in total. The first kappa shape index (κ1) is 27.9. The van der Waals surface area contributed by atoms with Gasteiger partial charge in [0.15, 0.2) is 0 Å². The fourth-order valence-corrected chi connectivity index (χ4v) is 5.70. The third-order valence-electron chi connectivity index (χ3n) is 7.98. The molecule has 2 aliphatic rings. The number of likely N-dealkylation sites (tertiary alicyclic amines) is 1. The SMILES string of the molecule is CCCCn1cc(CN2CCCC(COc3ccc(Cl)c(C)c3)(CC(=O)N3CCN(C)CC3)C2)c(C)n1. The van der Waals surface area contributed by atoms with Gasteiger partial charge in [0.2, 0.25) is 5.91 Å². The van der Waals surface area contributed by atoms with Crippen LogP contribution in [0.4, 0.5) is 0 Å². The Morgan fingerprint density at radius 1 is 1.16 bits per heavy atom. The Bertz CT molecular complexity index is 1050. The van der Waals surface area contributed by atoms with Crippen LogP contribution in [0, 0.1) is 19.3 Å². The lowest BCUT2D eigenvalue weighted by atomic mass is 9.77. The fourth-order valence-electron chi connectivity index (χ4n) is 5.58. The highest BCUT2D eigenvalue weighted by atomic mass is 35.5. The van der Waals surface area contributed by atoms with Crippen molar-refractivity contribution in [3.05, 3.63) is 46.2 Å². The van der Waals surface area contributed by atoms with E-state index in [2.05, 4.69) is 46.5 Å². The quantitative estimate of drug-likeness (QED) is 0.443. The van der Waals surface area contributed by atoms with Crippen molar-refractivity contribution in [3.63, 3.8) is 0 Å². The molecule has 4 rings (SSSR count). The molecule has 8 heteroatoms. The number of aromatic nitrogens is 2. The number of piperidine rings is 1. The maximum atomic E-state index is 13.5. The lowest BCUT2D eigenvalue weighted by Gasteiger charge is -2.43. The number of benzene rings is 1. The largest absolute Gasteiger partial charge is 0.493 e. The Morgan fingerprint density at radius 3 is 2.68 bits per heavy atom. The zero-order chi connectivity index (χ0) is 26.4. The van der Waals surface area contributed by atoms with Crippen LogP contribution < -0.4 is 4.74 Å². The van der Waals surface area contributed by atoms with Gasteiger partial charge in [-0.1, -0.05) is 24.9 Å². The molecule has 0 aliphatic carbocycles. The van der Waals surface area contributed by atoms with Gasteiger partial charge < -0.3 is 14.5 Å². The van der Waals surface area contributed by atoms with E-state index >= 15 is 0 Å². The molecule has 7 nitrogen and oxygen atoms in total. The van der Waals surface area contributed by atoms with E-state index in [9.17, 15) is 4.79 Å². The minimum atomic E-state index is -0.224. The predicted octanol–water partition coefficient (Wildman–Crippen LogP) is 4.78. The molecule has 2 aromatic rings. The molecule has 3 heterocycles. The number of ether oxygens (including phenoxy) is 1. The molecule has 0 radical (unpaired) electrons. The number of likely N-dealkylation sites (N-methyl/N-ethyl adjacent to an activating group) is 1. The number of piperazine rings is 1. The van der Waals surface area contributed by atoms with Crippen molar-refractivity contribution in [2.24, 2.45) is 5.41 Å². The molecule has 2 saturated heterocycles. The highest BCUT2D eigenvalue weighted by Gasteiger charge is 2.40. The number of unbranched alkanes of at least 4 members (excludes halogenated alkanes) is 1. The molecular formula is C29H44ClN5O2. The number of aryl methyl sites for hydroxylation is 3. The number of nitrogens with zero attached hydrogens (tertiary/aromatic N) is 5. The summed E-state index contributed by atoms with van der Waals surface area (Å²) in [5.74, 6) is 1.08. The van der Waals surface area contributed by atoms with Crippen molar-refractivity contribution in [2.75, 3.05) is 52.9 Å². The van der Waals surface area contributed by atoms with Crippen molar-refractivity contribution in [1.82, 2.24) is 24.5 Å². The second-order valence-electron chi connectivity index (χ2n) is 11.2. The van der Waals surface area contributed by atoms with E-state index in [4.69, 9.17) is 21.4 Å². The Balaban J connectivity index is 1.48. The summed E-state index contributed by atoms with van der Waals surface area (Å²) in [7, 11) is 2.12. The van der Waals surface area contributed by atoms with Crippen LogP contribution in [0.5, 0.6) is 5.75 Å². The van der Waals surface area contributed by atoms with Gasteiger partial charge in [0, 0.05) is 74.4 Å². The van der Waals surface area contributed by atoms with Gasteiger partial charge in [-0.3, -0.25) is 14.4 Å². The summed E-state index contributed by atoms with van der Waals surface area (Å²) >= 11 is 6.24.